The van der Waals surface area contributed by atoms with Gasteiger partial charge in [-0.15, -0.1) is 0 Å². The maximum Gasteiger partial charge on any atom is 0.247 e. The molecule has 98 valence electrons. The van der Waals surface area contributed by atoms with Crippen LogP contribution in [-0.4, -0.2) is 21.6 Å². The number of aryl methyl sites for hydroxylation is 1. The highest BCUT2D eigenvalue weighted by Gasteiger charge is 2.09. The number of benzene rings is 1. The molecule has 0 aliphatic rings. The summed E-state index contributed by atoms with van der Waals surface area (Å²) in [6, 6.07) is 10.9. The van der Waals surface area contributed by atoms with Crippen molar-refractivity contribution in [2.45, 2.75) is 19.8 Å². The minimum Gasteiger partial charge on any atom is -0.326 e. The first-order chi connectivity index (χ1) is 9.15. The molecule has 5 nitrogen and oxygen atoms in total. The van der Waals surface area contributed by atoms with Crippen molar-refractivity contribution < 1.29 is 9.59 Å². The normalized spacial score (nSPS) is 10.2. The third-order valence-electron chi connectivity index (χ3n) is 2.60. The molecule has 2 rings (SSSR count). The van der Waals surface area contributed by atoms with Crippen LogP contribution in [0.2, 0.25) is 0 Å². The number of carbonyl (C=O) groups is 2. The molecule has 0 aliphatic heterocycles. The molecule has 0 fully saturated rings. The van der Waals surface area contributed by atoms with Crippen molar-refractivity contribution in [1.82, 2.24) is 9.78 Å². The first kappa shape index (κ1) is 13.0. The summed E-state index contributed by atoms with van der Waals surface area (Å²) in [5.41, 5.74) is 1.51. The van der Waals surface area contributed by atoms with E-state index < -0.39 is 0 Å². The molecule has 0 saturated heterocycles. The van der Waals surface area contributed by atoms with Crippen LogP contribution in [0.5, 0.6) is 0 Å². The van der Waals surface area contributed by atoms with Gasteiger partial charge in [-0.2, -0.15) is 5.10 Å². The third kappa shape index (κ3) is 3.77. The molecule has 19 heavy (non-hydrogen) atoms. The number of anilines is 1. The van der Waals surface area contributed by atoms with Crippen molar-refractivity contribution in [1.29, 1.82) is 0 Å². The first-order valence-corrected chi connectivity index (χ1v) is 6.05. The van der Waals surface area contributed by atoms with E-state index in [2.05, 4.69) is 10.4 Å². The number of carbonyl (C=O) groups excluding carboxylic acids is 2. The molecule has 1 aromatic carbocycles. The van der Waals surface area contributed by atoms with Gasteiger partial charge in [0.1, 0.15) is 0 Å². The van der Waals surface area contributed by atoms with Gasteiger partial charge in [-0.3, -0.25) is 9.59 Å². The Kier molecular flexibility index (Phi) is 4.07. The van der Waals surface area contributed by atoms with E-state index >= 15 is 0 Å². The number of nitrogens with zero attached hydrogens (tertiary/aromatic N) is 2. The van der Waals surface area contributed by atoms with Gasteiger partial charge in [0, 0.05) is 24.7 Å². The van der Waals surface area contributed by atoms with Crippen molar-refractivity contribution in [2.24, 2.45) is 0 Å². The number of amides is 1. The first-order valence-electron chi connectivity index (χ1n) is 6.05. The molecule has 0 aliphatic carbocycles. The zero-order valence-electron chi connectivity index (χ0n) is 10.7. The molecule has 5 heteroatoms. The van der Waals surface area contributed by atoms with E-state index in [0.29, 0.717) is 0 Å². The Morgan fingerprint density at radius 3 is 2.53 bits per heavy atom. The molecule has 0 unspecified atom stereocenters. The summed E-state index contributed by atoms with van der Waals surface area (Å²) in [5.74, 6) is -0.361. The van der Waals surface area contributed by atoms with Crippen molar-refractivity contribution in [2.75, 3.05) is 5.32 Å². The Labute approximate surface area is 111 Å². The third-order valence-corrected chi connectivity index (χ3v) is 2.60. The van der Waals surface area contributed by atoms with E-state index in [9.17, 15) is 9.59 Å². The summed E-state index contributed by atoms with van der Waals surface area (Å²) in [6.07, 6.45) is 1.89. The molecule has 1 amide bonds. The van der Waals surface area contributed by atoms with Crippen LogP contribution >= 0.6 is 0 Å². The summed E-state index contributed by atoms with van der Waals surface area (Å²) in [6.45, 7) is 1.81. The van der Waals surface area contributed by atoms with Gasteiger partial charge in [-0.05, 0) is 25.1 Å². The van der Waals surface area contributed by atoms with Crippen LogP contribution in [0.3, 0.4) is 0 Å². The van der Waals surface area contributed by atoms with Crippen LogP contribution in [0, 0.1) is 6.92 Å². The van der Waals surface area contributed by atoms with E-state index in [0.717, 1.165) is 11.4 Å². The minimum absolute atomic E-state index is 0.139. The zero-order chi connectivity index (χ0) is 13.7. The largest absolute Gasteiger partial charge is 0.326 e. The van der Waals surface area contributed by atoms with Gasteiger partial charge in [0.2, 0.25) is 11.8 Å². The van der Waals surface area contributed by atoms with Gasteiger partial charge in [0.25, 0.3) is 0 Å². The Bertz CT molecular complexity index is 575. The summed E-state index contributed by atoms with van der Waals surface area (Å²) in [4.78, 5) is 23.4. The fourth-order valence-corrected chi connectivity index (χ4v) is 1.63. The van der Waals surface area contributed by atoms with Crippen molar-refractivity contribution in [3.8, 4) is 0 Å². The van der Waals surface area contributed by atoms with Crippen LogP contribution in [0.15, 0.2) is 42.6 Å². The van der Waals surface area contributed by atoms with Crippen LogP contribution in [-0.2, 0) is 4.79 Å². The topological polar surface area (TPSA) is 64.0 Å². The molecule has 1 aromatic heterocycles. The minimum atomic E-state index is -0.184. The fourth-order valence-electron chi connectivity index (χ4n) is 1.63. The van der Waals surface area contributed by atoms with E-state index in [1.807, 2.05) is 25.1 Å². The number of nitrogens with one attached hydrogen (secondary N) is 1. The number of rotatable bonds is 4. The lowest BCUT2D eigenvalue weighted by molar-refractivity contribution is -0.116. The van der Waals surface area contributed by atoms with Crippen LogP contribution in [0.1, 0.15) is 23.3 Å². The number of hydrogen-bond donors (Lipinski definition) is 1. The maximum absolute atomic E-state index is 11.7. The monoisotopic (exact) mass is 257 g/mol. The van der Waals surface area contributed by atoms with Gasteiger partial charge < -0.3 is 5.32 Å². The molecule has 2 aromatic rings. The Hall–Kier alpha value is -2.43. The average Bonchev–Trinajstić information content (AvgIpc) is 2.84. The summed E-state index contributed by atoms with van der Waals surface area (Å²) < 4.78 is 1.27. The lowest BCUT2D eigenvalue weighted by Gasteiger charge is -2.04. The molecule has 0 saturated carbocycles. The predicted octanol–water partition coefficient (Wildman–Crippen LogP) is 2.25. The molecule has 0 spiro atoms. The lowest BCUT2D eigenvalue weighted by Crippen LogP contribution is -2.17. The molecular weight excluding hydrogens is 242 g/mol. The smallest absolute Gasteiger partial charge is 0.247 e. The van der Waals surface area contributed by atoms with Gasteiger partial charge in [0.15, 0.2) is 0 Å². The van der Waals surface area contributed by atoms with Gasteiger partial charge >= 0.3 is 0 Å². The van der Waals surface area contributed by atoms with Gasteiger partial charge in [0.05, 0.1) is 5.69 Å². The van der Waals surface area contributed by atoms with Crippen LogP contribution < -0.4 is 5.32 Å². The predicted molar refractivity (Wildman–Crippen MR) is 71.9 cm³/mol. The van der Waals surface area contributed by atoms with Gasteiger partial charge in [-0.25, -0.2) is 4.68 Å². The molecular formula is C14H15N3O2. The Morgan fingerprint density at radius 1 is 1.16 bits per heavy atom. The second-order valence-electron chi connectivity index (χ2n) is 4.21. The average molecular weight is 257 g/mol. The highest BCUT2D eigenvalue weighted by molar-refractivity contribution is 5.93. The molecule has 1 N–H and O–H groups in total. The summed E-state index contributed by atoms with van der Waals surface area (Å²) >= 11 is 0. The van der Waals surface area contributed by atoms with Crippen LogP contribution in [0.4, 0.5) is 5.69 Å². The van der Waals surface area contributed by atoms with E-state index in [1.54, 1.807) is 24.4 Å². The Balaban J connectivity index is 1.82. The number of hydrogen-bond acceptors (Lipinski definition) is 3. The Morgan fingerprint density at radius 2 is 1.89 bits per heavy atom. The van der Waals surface area contributed by atoms with E-state index in [1.165, 1.54) is 4.68 Å². The molecule has 0 atom stereocenters. The lowest BCUT2D eigenvalue weighted by atomic mass is 10.2. The number of para-hydroxylation sites is 1. The summed E-state index contributed by atoms with van der Waals surface area (Å²) in [5, 5.41) is 6.74. The second-order valence-corrected chi connectivity index (χ2v) is 4.21. The zero-order valence-corrected chi connectivity index (χ0v) is 10.7. The molecule has 0 radical (unpaired) electrons. The molecule has 0 bridgehead atoms. The van der Waals surface area contributed by atoms with E-state index in [-0.39, 0.29) is 24.7 Å². The van der Waals surface area contributed by atoms with E-state index in [4.69, 9.17) is 0 Å². The summed E-state index contributed by atoms with van der Waals surface area (Å²) in [7, 11) is 0. The van der Waals surface area contributed by atoms with Crippen molar-refractivity contribution in [3.05, 3.63) is 48.3 Å². The maximum atomic E-state index is 11.7. The number of aromatic nitrogens is 2. The SMILES string of the molecule is Cc1ccn(C(=O)CCC(=O)Nc2ccccc2)n1. The van der Waals surface area contributed by atoms with Crippen LogP contribution in [0.25, 0.3) is 0 Å². The fraction of sp³-hybridized carbons (Fsp3) is 0.214. The second kappa shape index (κ2) is 5.95. The highest BCUT2D eigenvalue weighted by Crippen LogP contribution is 2.06. The quantitative estimate of drug-likeness (QED) is 0.913. The van der Waals surface area contributed by atoms with Crippen molar-refractivity contribution in [3.63, 3.8) is 0 Å². The van der Waals surface area contributed by atoms with Crippen molar-refractivity contribution >= 4 is 17.5 Å². The van der Waals surface area contributed by atoms with Gasteiger partial charge in [-0.1, -0.05) is 18.2 Å². The highest BCUT2D eigenvalue weighted by atomic mass is 16.2. The molecule has 1 heterocycles. The standard InChI is InChI=1S/C14H15N3O2/c1-11-9-10-17(16-11)14(19)8-7-13(18)15-12-5-3-2-4-6-12/h2-6,9-10H,7-8H2,1H3,(H,15,18).